The molecule has 164 valence electrons. The molecule has 3 nitrogen and oxygen atoms in total. The largest absolute Gasteiger partial charge is 0.493 e. The lowest BCUT2D eigenvalue weighted by atomic mass is 9.82. The molecule has 3 heteroatoms. The summed E-state index contributed by atoms with van der Waals surface area (Å²) in [5.74, 6) is 3.23. The summed E-state index contributed by atoms with van der Waals surface area (Å²) >= 11 is 0. The highest BCUT2D eigenvalue weighted by Crippen LogP contribution is 2.34. The monoisotopic (exact) mass is 408 g/mol. The van der Waals surface area contributed by atoms with Crippen molar-refractivity contribution in [2.24, 2.45) is 5.92 Å². The van der Waals surface area contributed by atoms with Crippen LogP contribution in [0, 0.1) is 5.92 Å². The van der Waals surface area contributed by atoms with E-state index in [1.54, 1.807) is 0 Å². The van der Waals surface area contributed by atoms with Crippen LogP contribution < -0.4 is 4.74 Å². The van der Waals surface area contributed by atoms with Crippen LogP contribution in [0.15, 0.2) is 36.7 Å². The molecule has 0 N–H and O–H groups in total. The van der Waals surface area contributed by atoms with Gasteiger partial charge < -0.3 is 4.74 Å². The van der Waals surface area contributed by atoms with Crippen LogP contribution in [0.3, 0.4) is 0 Å². The zero-order valence-corrected chi connectivity index (χ0v) is 19.1. The van der Waals surface area contributed by atoms with Gasteiger partial charge in [-0.15, -0.1) is 0 Å². The number of hydrogen-bond donors (Lipinski definition) is 0. The fraction of sp³-hybridized carbons (Fsp3) is 0.630. The van der Waals surface area contributed by atoms with Crippen LogP contribution in [0.5, 0.6) is 5.75 Å². The summed E-state index contributed by atoms with van der Waals surface area (Å²) < 4.78 is 6.09. The fourth-order valence-corrected chi connectivity index (χ4v) is 4.40. The molecule has 30 heavy (non-hydrogen) atoms. The Labute approximate surface area is 183 Å². The van der Waals surface area contributed by atoms with Gasteiger partial charge in [0.15, 0.2) is 0 Å². The predicted molar refractivity (Wildman–Crippen MR) is 125 cm³/mol. The van der Waals surface area contributed by atoms with Gasteiger partial charge in [0, 0.05) is 18.3 Å². The maximum Gasteiger partial charge on any atom is 0.131 e. The van der Waals surface area contributed by atoms with Gasteiger partial charge in [0.05, 0.1) is 6.61 Å². The Balaban J connectivity index is 1.37. The van der Waals surface area contributed by atoms with Crippen LogP contribution >= 0.6 is 0 Å². The maximum absolute atomic E-state index is 6.09. The number of aryl methyl sites for hydroxylation is 2. The number of benzene rings is 1. The predicted octanol–water partition coefficient (Wildman–Crippen LogP) is 7.29. The number of nitrogens with zero attached hydrogens (tertiary/aromatic N) is 2. The van der Waals surface area contributed by atoms with Crippen molar-refractivity contribution in [3.63, 3.8) is 0 Å². The van der Waals surface area contributed by atoms with Gasteiger partial charge in [-0.1, -0.05) is 51.7 Å². The van der Waals surface area contributed by atoms with Crippen LogP contribution in [0.4, 0.5) is 0 Å². The van der Waals surface area contributed by atoms with Crippen LogP contribution in [0.25, 0.3) is 0 Å². The van der Waals surface area contributed by atoms with Crippen molar-refractivity contribution in [3.8, 4) is 5.75 Å². The van der Waals surface area contributed by atoms with E-state index in [2.05, 4.69) is 50.5 Å². The summed E-state index contributed by atoms with van der Waals surface area (Å²) in [5, 5.41) is 0. The molecule has 0 bridgehead atoms. The van der Waals surface area contributed by atoms with E-state index < -0.39 is 0 Å². The van der Waals surface area contributed by atoms with Gasteiger partial charge in [0.1, 0.15) is 11.6 Å². The highest BCUT2D eigenvalue weighted by molar-refractivity contribution is 5.27. The minimum Gasteiger partial charge on any atom is -0.493 e. The Bertz CT molecular complexity index is 703. The molecule has 0 unspecified atom stereocenters. The normalized spacial score (nSPS) is 19.0. The van der Waals surface area contributed by atoms with Crippen molar-refractivity contribution < 1.29 is 4.74 Å². The molecular weight excluding hydrogens is 368 g/mol. The quantitative estimate of drug-likeness (QED) is 0.346. The molecule has 1 aliphatic rings. The standard InChI is InChI=1S/C27H40N2O/c1-3-5-7-8-10-24-19-28-27(29-20-24)25-15-11-23(12-16-25)21-30-26-17-13-22(14-18-26)9-6-4-2/h13-14,17-20,23,25H,3-12,15-16,21H2,1-2H3. The second-order valence-corrected chi connectivity index (χ2v) is 9.04. The zero-order chi connectivity index (χ0) is 21.0. The Kier molecular flexibility index (Phi) is 9.66. The van der Waals surface area contributed by atoms with Crippen molar-refractivity contribution in [1.29, 1.82) is 0 Å². The first-order chi connectivity index (χ1) is 14.8. The van der Waals surface area contributed by atoms with E-state index in [0.717, 1.165) is 24.6 Å². The second-order valence-electron chi connectivity index (χ2n) is 9.04. The first-order valence-corrected chi connectivity index (χ1v) is 12.3. The van der Waals surface area contributed by atoms with Gasteiger partial charge >= 0.3 is 0 Å². The van der Waals surface area contributed by atoms with Crippen molar-refractivity contribution >= 4 is 0 Å². The van der Waals surface area contributed by atoms with Crippen molar-refractivity contribution in [2.45, 2.75) is 96.8 Å². The SMILES string of the molecule is CCCCCCc1cnc(C2CCC(COc3ccc(CCCC)cc3)CC2)nc1. The minimum absolute atomic E-state index is 0.522. The molecular formula is C27H40N2O. The first kappa shape index (κ1) is 22.8. The Morgan fingerprint density at radius 3 is 2.10 bits per heavy atom. The lowest BCUT2D eigenvalue weighted by Crippen LogP contribution is -2.20. The third kappa shape index (κ3) is 7.41. The Morgan fingerprint density at radius 2 is 1.43 bits per heavy atom. The van der Waals surface area contributed by atoms with E-state index in [9.17, 15) is 0 Å². The van der Waals surface area contributed by atoms with Crippen LogP contribution in [0.2, 0.25) is 0 Å². The fourth-order valence-electron chi connectivity index (χ4n) is 4.40. The molecule has 1 aromatic heterocycles. The summed E-state index contributed by atoms with van der Waals surface area (Å²) in [4.78, 5) is 9.41. The van der Waals surface area contributed by atoms with E-state index in [-0.39, 0.29) is 0 Å². The lowest BCUT2D eigenvalue weighted by Gasteiger charge is -2.27. The van der Waals surface area contributed by atoms with Crippen molar-refractivity contribution in [3.05, 3.63) is 53.6 Å². The molecule has 1 aromatic carbocycles. The van der Waals surface area contributed by atoms with E-state index in [0.29, 0.717) is 11.8 Å². The topological polar surface area (TPSA) is 35.0 Å². The van der Waals surface area contributed by atoms with Crippen LogP contribution in [-0.4, -0.2) is 16.6 Å². The Hall–Kier alpha value is -1.90. The number of aromatic nitrogens is 2. The molecule has 2 aromatic rings. The summed E-state index contributed by atoms with van der Waals surface area (Å²) in [6.45, 7) is 5.33. The molecule has 0 atom stereocenters. The van der Waals surface area contributed by atoms with Gasteiger partial charge in [0.2, 0.25) is 0 Å². The summed E-state index contributed by atoms with van der Waals surface area (Å²) in [6, 6.07) is 8.70. The second kappa shape index (κ2) is 12.7. The zero-order valence-electron chi connectivity index (χ0n) is 19.1. The van der Waals surface area contributed by atoms with E-state index in [1.165, 1.54) is 81.8 Å². The molecule has 0 aliphatic heterocycles. The molecule has 1 heterocycles. The average Bonchev–Trinajstić information content (AvgIpc) is 2.81. The summed E-state index contributed by atoms with van der Waals surface area (Å²) in [6.07, 6.45) is 18.9. The molecule has 1 fully saturated rings. The number of rotatable bonds is 12. The first-order valence-electron chi connectivity index (χ1n) is 12.3. The smallest absolute Gasteiger partial charge is 0.131 e. The molecule has 0 amide bonds. The number of hydrogen-bond acceptors (Lipinski definition) is 3. The molecule has 1 aliphatic carbocycles. The highest BCUT2D eigenvalue weighted by atomic mass is 16.5. The average molecular weight is 409 g/mol. The third-order valence-electron chi connectivity index (χ3n) is 6.48. The van der Waals surface area contributed by atoms with Crippen molar-refractivity contribution in [2.75, 3.05) is 6.61 Å². The van der Waals surface area contributed by atoms with Crippen molar-refractivity contribution in [1.82, 2.24) is 9.97 Å². The third-order valence-corrected chi connectivity index (χ3v) is 6.48. The van der Waals surface area contributed by atoms with Gasteiger partial charge in [0.25, 0.3) is 0 Å². The van der Waals surface area contributed by atoms with Gasteiger partial charge in [-0.2, -0.15) is 0 Å². The van der Waals surface area contributed by atoms with E-state index in [4.69, 9.17) is 14.7 Å². The van der Waals surface area contributed by atoms with Gasteiger partial charge in [-0.05, 0) is 80.5 Å². The molecule has 1 saturated carbocycles. The van der Waals surface area contributed by atoms with Gasteiger partial charge in [-0.25, -0.2) is 9.97 Å². The van der Waals surface area contributed by atoms with Gasteiger partial charge in [-0.3, -0.25) is 0 Å². The van der Waals surface area contributed by atoms with E-state index in [1.807, 2.05) is 0 Å². The number of ether oxygens (including phenoxy) is 1. The minimum atomic E-state index is 0.522. The lowest BCUT2D eigenvalue weighted by molar-refractivity contribution is 0.198. The summed E-state index contributed by atoms with van der Waals surface area (Å²) in [5.41, 5.74) is 2.70. The van der Waals surface area contributed by atoms with Crippen LogP contribution in [-0.2, 0) is 12.8 Å². The molecule has 0 saturated heterocycles. The molecule has 3 rings (SSSR count). The van der Waals surface area contributed by atoms with E-state index >= 15 is 0 Å². The number of unbranched alkanes of at least 4 members (excludes halogenated alkanes) is 4. The highest BCUT2D eigenvalue weighted by Gasteiger charge is 2.24. The van der Waals surface area contributed by atoms with Crippen LogP contribution in [0.1, 0.15) is 101 Å². The maximum atomic E-state index is 6.09. The Morgan fingerprint density at radius 1 is 0.767 bits per heavy atom. The molecule has 0 radical (unpaired) electrons. The molecule has 0 spiro atoms. The summed E-state index contributed by atoms with van der Waals surface area (Å²) in [7, 11) is 0.